The number of unbranched alkanes of at least 4 members (excludes halogenated alkanes) is 3. The second kappa shape index (κ2) is 17.9. The lowest BCUT2D eigenvalue weighted by molar-refractivity contribution is 0.869. The Morgan fingerprint density at radius 2 is 1.29 bits per heavy atom. The summed E-state index contributed by atoms with van der Waals surface area (Å²) in [5, 5.41) is 0. The Hall–Kier alpha value is -1.04. The highest BCUT2D eigenvalue weighted by Gasteiger charge is 1.75. The first-order valence-corrected chi connectivity index (χ1v) is 5.27. The van der Waals surface area contributed by atoms with Crippen LogP contribution in [-0.4, -0.2) is 0 Å². The SMILES string of the molecule is C=CCCC/C=C/C.C=CCCC=C. The highest BCUT2D eigenvalue weighted by molar-refractivity contribution is 4.78. The van der Waals surface area contributed by atoms with Crippen molar-refractivity contribution in [3.8, 4) is 0 Å². The number of rotatable bonds is 7. The molecule has 0 amide bonds. The third-order valence-corrected chi connectivity index (χ3v) is 1.59. The van der Waals surface area contributed by atoms with E-state index in [2.05, 4.69) is 31.9 Å². The van der Waals surface area contributed by atoms with Gasteiger partial charge in [0.15, 0.2) is 0 Å². The van der Waals surface area contributed by atoms with E-state index in [-0.39, 0.29) is 0 Å². The zero-order chi connectivity index (χ0) is 11.1. The van der Waals surface area contributed by atoms with E-state index < -0.39 is 0 Å². The van der Waals surface area contributed by atoms with Gasteiger partial charge in [0, 0.05) is 0 Å². The maximum Gasteiger partial charge on any atom is -0.0319 e. The van der Waals surface area contributed by atoms with E-state index in [0.29, 0.717) is 0 Å². The first-order chi connectivity index (χ1) is 6.83. The van der Waals surface area contributed by atoms with E-state index in [9.17, 15) is 0 Å². The molecule has 0 saturated carbocycles. The molecule has 0 aromatic rings. The van der Waals surface area contributed by atoms with Crippen LogP contribution in [0.15, 0.2) is 50.1 Å². The van der Waals surface area contributed by atoms with E-state index in [0.717, 1.165) is 19.3 Å². The summed E-state index contributed by atoms with van der Waals surface area (Å²) in [5.74, 6) is 0. The summed E-state index contributed by atoms with van der Waals surface area (Å²) >= 11 is 0. The van der Waals surface area contributed by atoms with Gasteiger partial charge < -0.3 is 0 Å². The third kappa shape index (κ3) is 22.4. The fourth-order valence-corrected chi connectivity index (χ4v) is 0.782. The van der Waals surface area contributed by atoms with Crippen LogP contribution in [0.25, 0.3) is 0 Å². The number of allylic oxidation sites excluding steroid dienone is 5. The summed E-state index contributed by atoms with van der Waals surface area (Å²) in [6, 6.07) is 0. The first-order valence-electron chi connectivity index (χ1n) is 5.27. The van der Waals surface area contributed by atoms with Gasteiger partial charge in [0.2, 0.25) is 0 Å². The van der Waals surface area contributed by atoms with Gasteiger partial charge in [-0.1, -0.05) is 30.4 Å². The quantitative estimate of drug-likeness (QED) is 0.391. The molecule has 0 unspecified atom stereocenters. The molecule has 0 atom stereocenters. The highest BCUT2D eigenvalue weighted by Crippen LogP contribution is 1.95. The summed E-state index contributed by atoms with van der Waals surface area (Å²) in [4.78, 5) is 0. The van der Waals surface area contributed by atoms with Gasteiger partial charge in [0.05, 0.1) is 0 Å². The first kappa shape index (κ1) is 15.4. The zero-order valence-electron chi connectivity index (χ0n) is 9.54. The molecule has 14 heavy (non-hydrogen) atoms. The fraction of sp³-hybridized carbons (Fsp3) is 0.429. The molecule has 0 aliphatic carbocycles. The molecule has 0 heterocycles. The molecule has 80 valence electrons. The standard InChI is InChI=1S/C8H14.C6H10/c1-3-5-7-8-6-4-2;1-3-5-6-4-2/h3-4,6H,1,5,7-8H2,2H3;3-4H,1-2,5-6H2/b6-4+;. The molecule has 0 N–H and O–H groups in total. The number of hydrogen-bond acceptors (Lipinski definition) is 0. The molecular weight excluding hydrogens is 168 g/mol. The minimum absolute atomic E-state index is 1.06. The van der Waals surface area contributed by atoms with Crippen LogP contribution >= 0.6 is 0 Å². The molecule has 0 aliphatic rings. The predicted octanol–water partition coefficient (Wildman–Crippen LogP) is 5.06. The predicted molar refractivity (Wildman–Crippen MR) is 68.5 cm³/mol. The molecule has 0 saturated heterocycles. The molecule has 0 aromatic heterocycles. The maximum atomic E-state index is 3.63. The Kier molecular flexibility index (Phi) is 19.7. The van der Waals surface area contributed by atoms with Gasteiger partial charge in [-0.15, -0.1) is 19.7 Å². The van der Waals surface area contributed by atoms with Crippen molar-refractivity contribution in [3.05, 3.63) is 50.1 Å². The second-order valence-corrected chi connectivity index (χ2v) is 2.94. The Bertz CT molecular complexity index is 143. The van der Waals surface area contributed by atoms with Gasteiger partial charge in [-0.3, -0.25) is 0 Å². The average Bonchev–Trinajstić information content (AvgIpc) is 2.22. The highest BCUT2D eigenvalue weighted by atomic mass is 13.8. The van der Waals surface area contributed by atoms with Gasteiger partial charge in [-0.2, -0.15) is 0 Å². The lowest BCUT2D eigenvalue weighted by atomic mass is 10.2. The van der Waals surface area contributed by atoms with Crippen LogP contribution < -0.4 is 0 Å². The Labute approximate surface area is 89.7 Å². The van der Waals surface area contributed by atoms with Gasteiger partial charge in [-0.25, -0.2) is 0 Å². The Balaban J connectivity index is 0. The lowest BCUT2D eigenvalue weighted by Gasteiger charge is -1.85. The zero-order valence-corrected chi connectivity index (χ0v) is 9.54. The van der Waals surface area contributed by atoms with Gasteiger partial charge >= 0.3 is 0 Å². The van der Waals surface area contributed by atoms with Gasteiger partial charge in [0.25, 0.3) is 0 Å². The van der Waals surface area contributed by atoms with Crippen LogP contribution in [0.2, 0.25) is 0 Å². The minimum atomic E-state index is 1.06. The van der Waals surface area contributed by atoms with Gasteiger partial charge in [0.1, 0.15) is 0 Å². The molecule has 0 aromatic carbocycles. The lowest BCUT2D eigenvalue weighted by Crippen LogP contribution is -1.65. The van der Waals surface area contributed by atoms with Crippen molar-refractivity contribution in [2.75, 3.05) is 0 Å². The van der Waals surface area contributed by atoms with Crippen LogP contribution in [0.1, 0.15) is 39.0 Å². The molecule has 0 bridgehead atoms. The second-order valence-electron chi connectivity index (χ2n) is 2.94. The molecular formula is C14H24. The van der Waals surface area contributed by atoms with E-state index in [4.69, 9.17) is 0 Å². The fourth-order valence-electron chi connectivity index (χ4n) is 0.782. The van der Waals surface area contributed by atoms with Crippen LogP contribution in [0, 0.1) is 0 Å². The van der Waals surface area contributed by atoms with E-state index >= 15 is 0 Å². The summed E-state index contributed by atoms with van der Waals surface area (Å²) in [5.41, 5.74) is 0. The molecule has 0 fully saturated rings. The van der Waals surface area contributed by atoms with Crippen molar-refractivity contribution >= 4 is 0 Å². The normalized spacial score (nSPS) is 8.93. The molecule has 0 spiro atoms. The third-order valence-electron chi connectivity index (χ3n) is 1.59. The smallest absolute Gasteiger partial charge is 0.0319 e. The summed E-state index contributed by atoms with van der Waals surface area (Å²) in [7, 11) is 0. The minimum Gasteiger partial charge on any atom is -0.103 e. The van der Waals surface area contributed by atoms with E-state index in [1.165, 1.54) is 12.8 Å². The summed E-state index contributed by atoms with van der Waals surface area (Å²) in [6.07, 6.45) is 15.7. The average molecular weight is 192 g/mol. The van der Waals surface area contributed by atoms with Crippen LogP contribution in [0.5, 0.6) is 0 Å². The Morgan fingerprint density at radius 3 is 1.64 bits per heavy atom. The summed E-state index contributed by atoms with van der Waals surface area (Å²) < 4.78 is 0. The van der Waals surface area contributed by atoms with Crippen molar-refractivity contribution in [1.29, 1.82) is 0 Å². The largest absolute Gasteiger partial charge is 0.103 e. The van der Waals surface area contributed by atoms with E-state index in [1.54, 1.807) is 0 Å². The van der Waals surface area contributed by atoms with Crippen molar-refractivity contribution in [2.45, 2.75) is 39.0 Å². The van der Waals surface area contributed by atoms with Crippen LogP contribution in [0.4, 0.5) is 0 Å². The number of hydrogen-bond donors (Lipinski definition) is 0. The topological polar surface area (TPSA) is 0 Å². The van der Waals surface area contributed by atoms with E-state index in [1.807, 2.05) is 25.2 Å². The van der Waals surface area contributed by atoms with Crippen LogP contribution in [-0.2, 0) is 0 Å². The van der Waals surface area contributed by atoms with Crippen LogP contribution in [0.3, 0.4) is 0 Å². The molecule has 0 radical (unpaired) electrons. The monoisotopic (exact) mass is 192 g/mol. The van der Waals surface area contributed by atoms with Crippen molar-refractivity contribution in [2.24, 2.45) is 0 Å². The summed E-state index contributed by atoms with van der Waals surface area (Å²) in [6.45, 7) is 12.8. The van der Waals surface area contributed by atoms with Crippen molar-refractivity contribution in [3.63, 3.8) is 0 Å². The molecule has 0 heteroatoms. The maximum absolute atomic E-state index is 3.63. The Morgan fingerprint density at radius 1 is 0.786 bits per heavy atom. The molecule has 0 nitrogen and oxygen atoms in total. The molecule has 0 rings (SSSR count). The molecule has 0 aliphatic heterocycles. The van der Waals surface area contributed by atoms with Crippen molar-refractivity contribution in [1.82, 2.24) is 0 Å². The van der Waals surface area contributed by atoms with Gasteiger partial charge in [-0.05, 0) is 39.0 Å². The van der Waals surface area contributed by atoms with Crippen molar-refractivity contribution < 1.29 is 0 Å².